The molecule has 0 fully saturated rings. The van der Waals surface area contributed by atoms with Crippen LogP contribution >= 0.6 is 0 Å². The molecule has 3 nitrogen and oxygen atoms in total. The van der Waals surface area contributed by atoms with E-state index in [2.05, 4.69) is 108 Å². The van der Waals surface area contributed by atoms with Crippen molar-refractivity contribution in [2.24, 2.45) is 7.05 Å². The van der Waals surface area contributed by atoms with Gasteiger partial charge in [-0.25, -0.2) is 0 Å². The first-order chi connectivity index (χ1) is 13.8. The molecule has 0 radical (unpaired) electrons. The quantitative estimate of drug-likeness (QED) is 0.473. The summed E-state index contributed by atoms with van der Waals surface area (Å²) in [7, 11) is 2.09. The number of aryl methyl sites for hydroxylation is 1. The lowest BCUT2D eigenvalue weighted by molar-refractivity contribution is 0.278. The molecule has 1 aliphatic rings. The van der Waals surface area contributed by atoms with Gasteiger partial charge in [-0.1, -0.05) is 66.7 Å². The number of rotatable bonds is 3. The zero-order chi connectivity index (χ0) is 18.9. The van der Waals surface area contributed by atoms with Gasteiger partial charge in [-0.3, -0.25) is 0 Å². The number of fused-ring (bicyclic) bond motifs is 1. The second-order valence-corrected chi connectivity index (χ2v) is 7.05. The molecule has 0 unspecified atom stereocenters. The number of hydrogen-bond donors (Lipinski definition) is 0. The van der Waals surface area contributed by atoms with Gasteiger partial charge in [-0.2, -0.15) is 0 Å². The van der Waals surface area contributed by atoms with Gasteiger partial charge >= 0.3 is 0 Å². The summed E-state index contributed by atoms with van der Waals surface area (Å²) in [5.41, 5.74) is 5.81. The maximum absolute atomic E-state index is 6.33. The van der Waals surface area contributed by atoms with E-state index >= 15 is 0 Å². The lowest BCUT2D eigenvalue weighted by Crippen LogP contribution is -2.31. The Morgan fingerprint density at radius 3 is 2.25 bits per heavy atom. The van der Waals surface area contributed by atoms with Crippen LogP contribution < -0.4 is 4.90 Å². The molecule has 0 amide bonds. The summed E-state index contributed by atoms with van der Waals surface area (Å²) in [5.74, 6) is 0.943. The van der Waals surface area contributed by atoms with Crippen LogP contribution in [0.15, 0.2) is 91.1 Å². The molecule has 2 heterocycles. The van der Waals surface area contributed by atoms with Crippen molar-refractivity contribution in [3.63, 3.8) is 0 Å². The number of ether oxygens (including phenoxy) is 1. The van der Waals surface area contributed by atoms with Gasteiger partial charge in [-0.05, 0) is 18.2 Å². The summed E-state index contributed by atoms with van der Waals surface area (Å²) in [5, 5.41) is 1.21. The minimum absolute atomic E-state index is 0.657. The van der Waals surface area contributed by atoms with Crippen LogP contribution in [0.5, 0.6) is 0 Å². The van der Waals surface area contributed by atoms with Gasteiger partial charge in [0, 0.05) is 41.0 Å². The lowest BCUT2D eigenvalue weighted by Gasteiger charge is -2.34. The third-order valence-electron chi connectivity index (χ3n) is 5.30. The normalized spacial score (nSPS) is 14.4. The first-order valence-corrected chi connectivity index (χ1v) is 9.62. The van der Waals surface area contributed by atoms with Crippen LogP contribution in [0.2, 0.25) is 0 Å². The third-order valence-corrected chi connectivity index (χ3v) is 5.30. The number of nitrogens with zero attached hydrogens (tertiary/aromatic N) is 2. The van der Waals surface area contributed by atoms with Crippen molar-refractivity contribution in [1.29, 1.82) is 0 Å². The summed E-state index contributed by atoms with van der Waals surface area (Å²) in [6.45, 7) is 1.48. The van der Waals surface area contributed by atoms with Crippen molar-refractivity contribution in [3.8, 4) is 0 Å². The molecular formula is C25H22N2O. The van der Waals surface area contributed by atoms with Gasteiger partial charge in [-0.15, -0.1) is 0 Å². The van der Waals surface area contributed by atoms with Crippen LogP contribution in [-0.2, 0) is 11.8 Å². The average molecular weight is 366 g/mol. The van der Waals surface area contributed by atoms with Gasteiger partial charge in [0.1, 0.15) is 6.61 Å². The zero-order valence-corrected chi connectivity index (χ0v) is 15.9. The topological polar surface area (TPSA) is 17.4 Å². The molecule has 4 aromatic rings. The van der Waals surface area contributed by atoms with Crippen LogP contribution in [0.1, 0.15) is 11.1 Å². The number of hydrogen-bond acceptors (Lipinski definition) is 2. The van der Waals surface area contributed by atoms with Gasteiger partial charge in [0.25, 0.3) is 0 Å². The van der Waals surface area contributed by atoms with E-state index < -0.39 is 0 Å². The predicted molar refractivity (Wildman–Crippen MR) is 116 cm³/mol. The number of para-hydroxylation sites is 2. The van der Waals surface area contributed by atoms with Crippen molar-refractivity contribution in [2.45, 2.75) is 0 Å². The van der Waals surface area contributed by atoms with Crippen molar-refractivity contribution in [1.82, 2.24) is 4.57 Å². The molecule has 0 saturated heterocycles. The molecule has 0 bridgehead atoms. The van der Waals surface area contributed by atoms with E-state index in [9.17, 15) is 0 Å². The zero-order valence-electron chi connectivity index (χ0n) is 15.9. The molecule has 0 spiro atoms. The Balaban J connectivity index is 1.79. The van der Waals surface area contributed by atoms with E-state index in [-0.39, 0.29) is 0 Å². The SMILES string of the molecule is Cn1cc(C2=C(c3ccccc3)N(c3ccccc3)CCO2)c2ccccc21. The summed E-state index contributed by atoms with van der Waals surface area (Å²) in [6, 6.07) is 29.6. The molecule has 0 aliphatic carbocycles. The molecule has 138 valence electrons. The lowest BCUT2D eigenvalue weighted by atomic mass is 10.0. The van der Waals surface area contributed by atoms with Crippen LogP contribution in [-0.4, -0.2) is 17.7 Å². The highest BCUT2D eigenvalue weighted by Gasteiger charge is 2.27. The Kier molecular flexibility index (Phi) is 4.13. The Morgan fingerprint density at radius 1 is 0.786 bits per heavy atom. The summed E-state index contributed by atoms with van der Waals surface area (Å²) >= 11 is 0. The highest BCUT2D eigenvalue weighted by molar-refractivity contribution is 6.02. The van der Waals surface area contributed by atoms with E-state index in [0.29, 0.717) is 6.61 Å². The van der Waals surface area contributed by atoms with Gasteiger partial charge in [0.2, 0.25) is 0 Å². The molecule has 3 aromatic carbocycles. The van der Waals surface area contributed by atoms with Crippen molar-refractivity contribution in [3.05, 3.63) is 102 Å². The monoisotopic (exact) mass is 366 g/mol. The summed E-state index contributed by atoms with van der Waals surface area (Å²) < 4.78 is 8.50. The Hall–Kier alpha value is -3.46. The first-order valence-electron chi connectivity index (χ1n) is 9.62. The standard InChI is InChI=1S/C25H22N2O/c1-26-18-22(21-14-8-9-15-23(21)26)25-24(19-10-4-2-5-11-19)27(16-17-28-25)20-12-6-3-7-13-20/h2-15,18H,16-17H2,1H3. The molecule has 0 N–H and O–H groups in total. The highest BCUT2D eigenvalue weighted by Crippen LogP contribution is 2.39. The fourth-order valence-electron chi connectivity index (χ4n) is 4.02. The molecule has 1 aromatic heterocycles. The van der Waals surface area contributed by atoms with Gasteiger partial charge in [0.15, 0.2) is 5.76 Å². The van der Waals surface area contributed by atoms with Crippen LogP contribution in [0.3, 0.4) is 0 Å². The third kappa shape index (κ3) is 2.76. The maximum Gasteiger partial charge on any atom is 0.153 e. The van der Waals surface area contributed by atoms with Gasteiger partial charge < -0.3 is 14.2 Å². The molecule has 5 rings (SSSR count). The summed E-state index contributed by atoms with van der Waals surface area (Å²) in [4.78, 5) is 2.37. The Morgan fingerprint density at radius 2 is 1.46 bits per heavy atom. The second-order valence-electron chi connectivity index (χ2n) is 7.05. The highest BCUT2D eigenvalue weighted by atomic mass is 16.5. The van der Waals surface area contributed by atoms with E-state index in [1.165, 1.54) is 16.6 Å². The van der Waals surface area contributed by atoms with Crippen molar-refractivity contribution >= 4 is 28.0 Å². The number of benzene rings is 3. The minimum Gasteiger partial charge on any atom is -0.489 e. The smallest absolute Gasteiger partial charge is 0.153 e. The first kappa shape index (κ1) is 16.7. The van der Waals surface area contributed by atoms with E-state index in [1.54, 1.807) is 0 Å². The minimum atomic E-state index is 0.657. The van der Waals surface area contributed by atoms with Crippen molar-refractivity contribution < 1.29 is 4.74 Å². The molecule has 1 aliphatic heterocycles. The van der Waals surface area contributed by atoms with Crippen LogP contribution in [0, 0.1) is 0 Å². The van der Waals surface area contributed by atoms with Crippen molar-refractivity contribution in [2.75, 3.05) is 18.1 Å². The van der Waals surface area contributed by atoms with E-state index in [4.69, 9.17) is 4.74 Å². The molecule has 28 heavy (non-hydrogen) atoms. The molecule has 3 heteroatoms. The molecular weight excluding hydrogens is 344 g/mol. The van der Waals surface area contributed by atoms with E-state index in [1.807, 2.05) is 0 Å². The largest absolute Gasteiger partial charge is 0.489 e. The Labute approximate surface area is 165 Å². The fraction of sp³-hybridized carbons (Fsp3) is 0.120. The van der Waals surface area contributed by atoms with Gasteiger partial charge in [0.05, 0.1) is 12.2 Å². The van der Waals surface area contributed by atoms with E-state index in [0.717, 1.165) is 29.1 Å². The second kappa shape index (κ2) is 6.93. The fourth-order valence-corrected chi connectivity index (χ4v) is 4.02. The molecule has 0 atom stereocenters. The average Bonchev–Trinajstić information content (AvgIpc) is 3.11. The number of anilines is 1. The van der Waals surface area contributed by atoms with Crippen LogP contribution in [0.25, 0.3) is 22.4 Å². The maximum atomic E-state index is 6.33. The summed E-state index contributed by atoms with van der Waals surface area (Å²) in [6.07, 6.45) is 2.18. The van der Waals surface area contributed by atoms with Crippen LogP contribution in [0.4, 0.5) is 5.69 Å². The number of aromatic nitrogens is 1. The predicted octanol–water partition coefficient (Wildman–Crippen LogP) is 5.54. The Bertz CT molecular complexity index is 1140. The molecule has 0 saturated carbocycles.